The molecule has 8 rings (SSSR count). The first-order valence-electron chi connectivity index (χ1n) is 13.2. The molecule has 1 aliphatic heterocycles. The molecule has 0 saturated heterocycles. The lowest BCUT2D eigenvalue weighted by atomic mass is 9.62. The van der Waals surface area contributed by atoms with Gasteiger partial charge in [0.25, 0.3) is 0 Å². The van der Waals surface area contributed by atoms with Crippen molar-refractivity contribution < 1.29 is 4.42 Å². The molecule has 0 aliphatic carbocycles. The Balaban J connectivity index is 1.47. The van der Waals surface area contributed by atoms with Crippen LogP contribution >= 0.6 is 0 Å². The Morgan fingerprint density at radius 3 is 1.72 bits per heavy atom. The third-order valence-electron chi connectivity index (χ3n) is 7.99. The summed E-state index contributed by atoms with van der Waals surface area (Å²) in [6.07, 6.45) is 1.93. The van der Waals surface area contributed by atoms with Crippen molar-refractivity contribution in [3.63, 3.8) is 0 Å². The number of pyridine rings is 1. The van der Waals surface area contributed by atoms with Crippen molar-refractivity contribution in [3.05, 3.63) is 168 Å². The molecule has 0 radical (unpaired) electrons. The molecular weight excluding hydrogens is 476 g/mol. The Morgan fingerprint density at radius 1 is 0.538 bits per heavy atom. The molecule has 5 aromatic carbocycles. The van der Waals surface area contributed by atoms with Crippen LogP contribution < -0.4 is 4.90 Å². The zero-order chi connectivity index (χ0) is 25.8. The number of furan rings is 1. The minimum atomic E-state index is -0.480. The van der Waals surface area contributed by atoms with E-state index < -0.39 is 5.41 Å². The summed E-state index contributed by atoms with van der Waals surface area (Å²) in [5.41, 5.74) is 9.25. The number of para-hydroxylation sites is 3. The van der Waals surface area contributed by atoms with Crippen molar-refractivity contribution in [3.8, 4) is 0 Å². The van der Waals surface area contributed by atoms with Crippen LogP contribution in [0.2, 0.25) is 0 Å². The Bertz CT molecular complexity index is 1890. The largest absolute Gasteiger partial charge is 0.438 e. The maximum absolute atomic E-state index is 6.05. The van der Waals surface area contributed by atoms with E-state index in [2.05, 4.69) is 126 Å². The topological polar surface area (TPSA) is 29.3 Å². The van der Waals surface area contributed by atoms with Crippen LogP contribution in [0.15, 0.2) is 150 Å². The maximum atomic E-state index is 6.05. The number of benzene rings is 5. The zero-order valence-corrected chi connectivity index (χ0v) is 21.2. The standard InChI is InChI=1S/C36H24N2O/c1-3-13-25(14-4-1)36(26-15-5-2-6-16-26)30-18-8-10-20-32(30)38(33-21-11-9-19-31(33)36)27-23-29-28-17-7-12-22-34(28)39-35(29)37-24-27/h1-24H. The quantitative estimate of drug-likeness (QED) is 0.242. The van der Waals surface area contributed by atoms with Gasteiger partial charge in [0.15, 0.2) is 0 Å². The molecule has 0 saturated carbocycles. The van der Waals surface area contributed by atoms with E-state index in [9.17, 15) is 0 Å². The van der Waals surface area contributed by atoms with Crippen LogP contribution in [0.1, 0.15) is 22.3 Å². The summed E-state index contributed by atoms with van der Waals surface area (Å²) < 4.78 is 6.05. The SMILES string of the molecule is c1ccc(C2(c3ccccc3)c3ccccc3N(c3cnc4oc5ccccc5c4c3)c3ccccc32)cc1. The lowest BCUT2D eigenvalue weighted by Gasteiger charge is -2.46. The fourth-order valence-electron chi connectivity index (χ4n) is 6.41. The highest BCUT2D eigenvalue weighted by Crippen LogP contribution is 2.57. The van der Waals surface area contributed by atoms with Gasteiger partial charge in [0, 0.05) is 5.39 Å². The molecule has 3 nitrogen and oxygen atoms in total. The fourth-order valence-corrected chi connectivity index (χ4v) is 6.41. The van der Waals surface area contributed by atoms with Gasteiger partial charge in [0.1, 0.15) is 5.58 Å². The monoisotopic (exact) mass is 500 g/mol. The van der Waals surface area contributed by atoms with Crippen LogP contribution in [-0.2, 0) is 5.41 Å². The first kappa shape index (κ1) is 21.9. The van der Waals surface area contributed by atoms with Gasteiger partial charge in [-0.15, -0.1) is 0 Å². The third-order valence-corrected chi connectivity index (χ3v) is 7.99. The highest BCUT2D eigenvalue weighted by atomic mass is 16.3. The van der Waals surface area contributed by atoms with E-state index in [1.807, 2.05) is 24.4 Å². The molecule has 0 fully saturated rings. The summed E-state index contributed by atoms with van der Waals surface area (Å²) in [4.78, 5) is 7.13. The van der Waals surface area contributed by atoms with Crippen LogP contribution in [0.4, 0.5) is 17.1 Å². The van der Waals surface area contributed by atoms with Gasteiger partial charge in [-0.05, 0) is 46.5 Å². The highest BCUT2D eigenvalue weighted by molar-refractivity contribution is 6.05. The van der Waals surface area contributed by atoms with E-state index in [1.54, 1.807) is 0 Å². The van der Waals surface area contributed by atoms with Gasteiger partial charge < -0.3 is 9.32 Å². The summed E-state index contributed by atoms with van der Waals surface area (Å²) in [6.45, 7) is 0. The van der Waals surface area contributed by atoms with E-state index >= 15 is 0 Å². The Morgan fingerprint density at radius 2 is 1.08 bits per heavy atom. The van der Waals surface area contributed by atoms with Crippen LogP contribution in [0, 0.1) is 0 Å². The van der Waals surface area contributed by atoms with E-state index in [1.165, 1.54) is 22.3 Å². The summed E-state index contributed by atoms with van der Waals surface area (Å²) in [6, 6.07) is 49.6. The van der Waals surface area contributed by atoms with Crippen molar-refractivity contribution in [2.24, 2.45) is 0 Å². The van der Waals surface area contributed by atoms with Crippen molar-refractivity contribution in [2.75, 3.05) is 4.90 Å². The van der Waals surface area contributed by atoms with E-state index in [0.717, 1.165) is 33.4 Å². The van der Waals surface area contributed by atoms with Gasteiger partial charge in [0.05, 0.1) is 34.1 Å². The van der Waals surface area contributed by atoms with Gasteiger partial charge in [-0.25, -0.2) is 4.98 Å². The van der Waals surface area contributed by atoms with Crippen LogP contribution in [0.25, 0.3) is 22.1 Å². The molecule has 0 bridgehead atoms. The van der Waals surface area contributed by atoms with Crippen LogP contribution in [0.5, 0.6) is 0 Å². The van der Waals surface area contributed by atoms with Crippen LogP contribution in [0.3, 0.4) is 0 Å². The minimum Gasteiger partial charge on any atom is -0.438 e. The summed E-state index contributed by atoms with van der Waals surface area (Å²) in [5.74, 6) is 0. The molecule has 7 aromatic rings. The maximum Gasteiger partial charge on any atom is 0.227 e. The molecule has 3 heterocycles. The van der Waals surface area contributed by atoms with Crippen molar-refractivity contribution >= 4 is 39.1 Å². The molecule has 0 unspecified atom stereocenters. The van der Waals surface area contributed by atoms with Gasteiger partial charge in [-0.2, -0.15) is 0 Å². The second-order valence-electron chi connectivity index (χ2n) is 10.00. The smallest absolute Gasteiger partial charge is 0.227 e. The first-order chi connectivity index (χ1) is 19.4. The fraction of sp³-hybridized carbons (Fsp3) is 0.0278. The molecule has 0 N–H and O–H groups in total. The second kappa shape index (κ2) is 8.44. The van der Waals surface area contributed by atoms with Crippen LogP contribution in [-0.4, -0.2) is 4.98 Å². The van der Waals surface area contributed by atoms with Gasteiger partial charge in [0.2, 0.25) is 5.71 Å². The normalized spacial score (nSPS) is 13.8. The first-order valence-corrected chi connectivity index (χ1v) is 13.2. The van der Waals surface area contributed by atoms with E-state index in [0.29, 0.717) is 5.71 Å². The number of hydrogen-bond donors (Lipinski definition) is 0. The zero-order valence-electron chi connectivity index (χ0n) is 21.2. The molecule has 2 aromatic heterocycles. The van der Waals surface area contributed by atoms with E-state index in [4.69, 9.17) is 9.40 Å². The molecule has 3 heteroatoms. The van der Waals surface area contributed by atoms with Crippen molar-refractivity contribution in [1.82, 2.24) is 4.98 Å². The second-order valence-corrected chi connectivity index (χ2v) is 10.00. The molecule has 0 spiro atoms. The number of nitrogens with zero attached hydrogens (tertiary/aromatic N) is 2. The number of aromatic nitrogens is 1. The molecule has 0 amide bonds. The number of anilines is 3. The molecule has 39 heavy (non-hydrogen) atoms. The lowest BCUT2D eigenvalue weighted by Crippen LogP contribution is -2.37. The molecule has 0 atom stereocenters. The van der Waals surface area contributed by atoms with Gasteiger partial charge in [-0.1, -0.05) is 115 Å². The average molecular weight is 501 g/mol. The minimum absolute atomic E-state index is 0.480. The number of fused-ring (bicyclic) bond motifs is 5. The highest BCUT2D eigenvalue weighted by Gasteiger charge is 2.46. The Kier molecular flexibility index (Phi) is 4.74. The predicted octanol–water partition coefficient (Wildman–Crippen LogP) is 9.15. The van der Waals surface area contributed by atoms with Crippen molar-refractivity contribution in [1.29, 1.82) is 0 Å². The summed E-state index contributed by atoms with van der Waals surface area (Å²) in [5, 5.41) is 2.09. The third kappa shape index (κ3) is 3.07. The lowest BCUT2D eigenvalue weighted by molar-refractivity contribution is 0.654. The average Bonchev–Trinajstić information content (AvgIpc) is 3.39. The molecule has 184 valence electrons. The van der Waals surface area contributed by atoms with Crippen molar-refractivity contribution in [2.45, 2.75) is 5.41 Å². The van der Waals surface area contributed by atoms with E-state index in [-0.39, 0.29) is 0 Å². The number of hydrogen-bond acceptors (Lipinski definition) is 3. The Hall–Kier alpha value is -5.15. The molecular formula is C36H24N2O. The molecule has 1 aliphatic rings. The summed E-state index contributed by atoms with van der Waals surface area (Å²) >= 11 is 0. The van der Waals surface area contributed by atoms with Gasteiger partial charge >= 0.3 is 0 Å². The number of rotatable bonds is 3. The summed E-state index contributed by atoms with van der Waals surface area (Å²) in [7, 11) is 0. The van der Waals surface area contributed by atoms with Gasteiger partial charge in [-0.3, -0.25) is 0 Å². The predicted molar refractivity (Wildman–Crippen MR) is 158 cm³/mol. The Labute approximate surface area is 226 Å².